The third kappa shape index (κ3) is 1.59. The highest BCUT2D eigenvalue weighted by Gasteiger charge is 2.61. The first-order valence-electron chi connectivity index (χ1n) is 7.46. The molecule has 2 saturated carbocycles. The maximum Gasteiger partial charge on any atom is 0.127 e. The van der Waals surface area contributed by atoms with Gasteiger partial charge in [-0.15, -0.1) is 0 Å². The van der Waals surface area contributed by atoms with E-state index in [0.717, 1.165) is 19.3 Å². The van der Waals surface area contributed by atoms with Crippen LogP contribution in [0, 0.1) is 34.5 Å². The minimum Gasteiger partial charge on any atom is -0.303 e. The van der Waals surface area contributed by atoms with Gasteiger partial charge in [-0.25, -0.2) is 0 Å². The van der Waals surface area contributed by atoms with Crippen LogP contribution in [0.5, 0.6) is 0 Å². The number of hydrogen-bond acceptors (Lipinski definition) is 2. The van der Waals surface area contributed by atoms with Gasteiger partial charge in [0, 0.05) is 16.7 Å². The minimum atomic E-state index is -0.299. The van der Waals surface area contributed by atoms with Crippen LogP contribution >= 0.6 is 0 Å². The summed E-state index contributed by atoms with van der Waals surface area (Å²) in [5, 5.41) is 9.21. The molecule has 0 aromatic heterocycles. The molecule has 104 valence electrons. The first-order chi connectivity index (χ1) is 9.55. The van der Waals surface area contributed by atoms with E-state index >= 15 is 0 Å². The van der Waals surface area contributed by atoms with Crippen LogP contribution in [0.1, 0.15) is 38.7 Å². The number of nitriles is 1. The molecule has 2 aliphatic carbocycles. The van der Waals surface area contributed by atoms with Crippen LogP contribution in [-0.2, 0) is 10.2 Å². The zero-order valence-corrected chi connectivity index (χ0v) is 12.2. The van der Waals surface area contributed by atoms with Crippen molar-refractivity contribution in [2.75, 3.05) is 0 Å². The van der Waals surface area contributed by atoms with Crippen LogP contribution in [0.15, 0.2) is 30.3 Å². The normalized spacial score (nSPS) is 35.8. The molecule has 0 aliphatic heterocycles. The molecule has 1 aromatic carbocycles. The van der Waals surface area contributed by atoms with Crippen LogP contribution in [-0.4, -0.2) is 6.29 Å². The van der Waals surface area contributed by atoms with E-state index in [9.17, 15) is 10.1 Å². The van der Waals surface area contributed by atoms with Crippen molar-refractivity contribution in [3.05, 3.63) is 35.9 Å². The number of carbonyl (C=O) groups excluding carboxylic acids is 1. The summed E-state index contributed by atoms with van der Waals surface area (Å²) in [6, 6.07) is 12.8. The molecule has 2 nitrogen and oxygen atoms in total. The lowest BCUT2D eigenvalue weighted by Crippen LogP contribution is -2.47. The number of carbonyl (C=O) groups is 1. The van der Waals surface area contributed by atoms with Crippen LogP contribution in [0.25, 0.3) is 0 Å². The summed E-state index contributed by atoms with van der Waals surface area (Å²) in [6.45, 7) is 4.39. The van der Waals surface area contributed by atoms with Crippen LogP contribution < -0.4 is 0 Å². The highest BCUT2D eigenvalue weighted by molar-refractivity contribution is 5.65. The van der Waals surface area contributed by atoms with E-state index in [1.807, 2.05) is 18.2 Å². The molecule has 3 rings (SSSR count). The minimum absolute atomic E-state index is 0.166. The fraction of sp³-hybridized carbons (Fsp3) is 0.556. The van der Waals surface area contributed by atoms with Crippen molar-refractivity contribution in [2.45, 2.75) is 38.5 Å². The van der Waals surface area contributed by atoms with Gasteiger partial charge in [-0.05, 0) is 36.7 Å². The molecule has 0 spiro atoms. The third-order valence-corrected chi connectivity index (χ3v) is 6.06. The van der Waals surface area contributed by atoms with E-state index in [1.165, 1.54) is 11.8 Å². The summed E-state index contributed by atoms with van der Waals surface area (Å²) in [7, 11) is 0. The Kier molecular flexibility index (Phi) is 2.97. The van der Waals surface area contributed by atoms with Gasteiger partial charge in [0.2, 0.25) is 0 Å². The van der Waals surface area contributed by atoms with E-state index in [4.69, 9.17) is 0 Å². The molecule has 2 heteroatoms. The molecule has 0 saturated heterocycles. The molecule has 1 aromatic rings. The number of benzene rings is 1. The van der Waals surface area contributed by atoms with Crippen molar-refractivity contribution < 1.29 is 4.79 Å². The van der Waals surface area contributed by atoms with Gasteiger partial charge in [-0.3, -0.25) is 0 Å². The molecule has 2 aliphatic rings. The molecule has 20 heavy (non-hydrogen) atoms. The molecule has 2 bridgehead atoms. The lowest BCUT2D eigenvalue weighted by Gasteiger charge is -2.47. The Morgan fingerprint density at radius 2 is 2.00 bits per heavy atom. The molecule has 4 atom stereocenters. The average Bonchev–Trinajstić information content (AvgIpc) is 3.05. The van der Waals surface area contributed by atoms with Gasteiger partial charge in [-0.2, -0.15) is 5.26 Å². The van der Waals surface area contributed by atoms with Crippen molar-refractivity contribution in [3.63, 3.8) is 0 Å². The van der Waals surface area contributed by atoms with Gasteiger partial charge in [-0.1, -0.05) is 44.2 Å². The van der Waals surface area contributed by atoms with Gasteiger partial charge in [0.1, 0.15) is 6.29 Å². The van der Waals surface area contributed by atoms with Crippen molar-refractivity contribution >= 4 is 6.29 Å². The maximum atomic E-state index is 12.1. The molecule has 0 radical (unpaired) electrons. The summed E-state index contributed by atoms with van der Waals surface area (Å²) in [5.74, 6) is 0.947. The monoisotopic (exact) mass is 267 g/mol. The molecular formula is C18H21NO. The molecule has 4 unspecified atom stereocenters. The van der Waals surface area contributed by atoms with Crippen molar-refractivity contribution in [1.29, 1.82) is 5.26 Å². The van der Waals surface area contributed by atoms with E-state index in [-0.39, 0.29) is 16.7 Å². The summed E-state index contributed by atoms with van der Waals surface area (Å²) < 4.78 is 0. The standard InChI is InChI=1S/C18H21NO/c1-17(2,15-6-4-3-5-7-15)18(12-20)10-13-8-16(18)9-14(13)11-19/h3-7,12-14,16H,8-10H2,1-2H3. The molecule has 0 amide bonds. The number of nitrogens with zero attached hydrogens (tertiary/aromatic N) is 1. The zero-order chi connectivity index (χ0) is 14.4. The van der Waals surface area contributed by atoms with Crippen LogP contribution in [0.3, 0.4) is 0 Å². The predicted octanol–water partition coefficient (Wildman–Crippen LogP) is 3.72. The van der Waals surface area contributed by atoms with Gasteiger partial charge < -0.3 is 4.79 Å². The van der Waals surface area contributed by atoms with Crippen molar-refractivity contribution in [2.24, 2.45) is 23.2 Å². The topological polar surface area (TPSA) is 40.9 Å². The van der Waals surface area contributed by atoms with Crippen LogP contribution in [0.2, 0.25) is 0 Å². The van der Waals surface area contributed by atoms with Crippen molar-refractivity contribution in [3.8, 4) is 6.07 Å². The summed E-state index contributed by atoms with van der Waals surface area (Å²) >= 11 is 0. The average molecular weight is 267 g/mol. The molecule has 0 N–H and O–H groups in total. The quantitative estimate of drug-likeness (QED) is 0.783. The highest BCUT2D eigenvalue weighted by atomic mass is 16.1. The number of hydrogen-bond donors (Lipinski definition) is 0. The second kappa shape index (κ2) is 4.45. The number of rotatable bonds is 3. The predicted molar refractivity (Wildman–Crippen MR) is 77.9 cm³/mol. The lowest BCUT2D eigenvalue weighted by molar-refractivity contribution is -0.123. The number of fused-ring (bicyclic) bond motifs is 2. The second-order valence-electron chi connectivity index (χ2n) is 7.02. The highest BCUT2D eigenvalue weighted by Crippen LogP contribution is 2.64. The van der Waals surface area contributed by atoms with Gasteiger partial charge in [0.25, 0.3) is 0 Å². The lowest BCUT2D eigenvalue weighted by atomic mass is 9.55. The fourth-order valence-electron chi connectivity index (χ4n) is 4.71. The van der Waals surface area contributed by atoms with E-state index in [2.05, 4.69) is 32.0 Å². The SMILES string of the molecule is CC(C)(c1ccccc1)C1(C=O)CC2CC1CC2C#N. The van der Waals surface area contributed by atoms with E-state index < -0.39 is 0 Å². The van der Waals surface area contributed by atoms with Crippen molar-refractivity contribution in [1.82, 2.24) is 0 Å². The largest absolute Gasteiger partial charge is 0.303 e. The Hall–Kier alpha value is -1.62. The first-order valence-corrected chi connectivity index (χ1v) is 7.46. The Morgan fingerprint density at radius 1 is 1.30 bits per heavy atom. The Morgan fingerprint density at radius 3 is 2.50 bits per heavy atom. The van der Waals surface area contributed by atoms with Gasteiger partial charge >= 0.3 is 0 Å². The first kappa shape index (κ1) is 13.4. The summed E-state index contributed by atoms with van der Waals surface area (Å²) in [5.41, 5.74) is 0.760. The smallest absolute Gasteiger partial charge is 0.127 e. The Bertz CT molecular complexity index is 557. The molecule has 2 fully saturated rings. The zero-order valence-electron chi connectivity index (χ0n) is 12.2. The third-order valence-electron chi connectivity index (χ3n) is 6.06. The summed E-state index contributed by atoms with van der Waals surface area (Å²) in [6.07, 6.45) is 4.03. The fourth-order valence-corrected chi connectivity index (χ4v) is 4.71. The van der Waals surface area contributed by atoms with Gasteiger partial charge in [0.15, 0.2) is 0 Å². The van der Waals surface area contributed by atoms with E-state index in [1.54, 1.807) is 0 Å². The Labute approximate surface area is 120 Å². The maximum absolute atomic E-state index is 12.1. The molecule has 0 heterocycles. The number of aldehydes is 1. The Balaban J connectivity index is 2.00. The van der Waals surface area contributed by atoms with Gasteiger partial charge in [0.05, 0.1) is 6.07 Å². The van der Waals surface area contributed by atoms with E-state index in [0.29, 0.717) is 11.8 Å². The second-order valence-corrected chi connectivity index (χ2v) is 7.02. The van der Waals surface area contributed by atoms with Crippen LogP contribution in [0.4, 0.5) is 0 Å². The molecular weight excluding hydrogens is 246 g/mol. The summed E-state index contributed by atoms with van der Waals surface area (Å²) in [4.78, 5) is 12.1.